The molecule has 2 aliphatic heterocycles. The number of likely N-dealkylation sites (tertiary alicyclic amines) is 2. The normalized spacial score (nSPS) is 17.6. The Kier molecular flexibility index (Phi) is 14.4. The number of fused-ring (bicyclic) bond motifs is 2. The van der Waals surface area contributed by atoms with Gasteiger partial charge in [-0.05, 0) is 73.7 Å². The molecule has 0 saturated carbocycles. The van der Waals surface area contributed by atoms with Gasteiger partial charge in [-0.3, -0.25) is 19.6 Å². The van der Waals surface area contributed by atoms with Crippen molar-refractivity contribution >= 4 is 72.5 Å². The molecular weight excluding hydrogens is 912 g/mol. The van der Waals surface area contributed by atoms with E-state index in [1.165, 1.54) is 28.1 Å². The number of anilines is 1. The second-order valence-electron chi connectivity index (χ2n) is 14.3. The first-order chi connectivity index (χ1) is 29.6. The van der Waals surface area contributed by atoms with E-state index in [9.17, 15) is 54.9 Å². The topological polar surface area (TPSA) is 196 Å². The lowest BCUT2D eigenvalue weighted by Crippen LogP contribution is -2.30. The quantitative estimate of drug-likeness (QED) is 0.0954. The third-order valence-electron chi connectivity index (χ3n) is 9.40. The number of aliphatic hydroxyl groups excluding tert-OH is 2. The van der Waals surface area contributed by atoms with Crippen LogP contribution in [0.4, 0.5) is 41.1 Å². The van der Waals surface area contributed by atoms with Crippen molar-refractivity contribution < 1.29 is 54.9 Å². The van der Waals surface area contributed by atoms with Gasteiger partial charge in [-0.2, -0.15) is 26.3 Å². The summed E-state index contributed by atoms with van der Waals surface area (Å²) < 4.78 is 104. The van der Waals surface area contributed by atoms with Crippen molar-refractivity contribution in [2.24, 2.45) is 5.73 Å². The smallest absolute Gasteiger partial charge is 0.391 e. The minimum atomic E-state index is -4.59. The summed E-state index contributed by atoms with van der Waals surface area (Å²) in [6.07, 6.45) is -4.43. The molecule has 0 bridgehead atoms. The van der Waals surface area contributed by atoms with E-state index in [1.54, 1.807) is 20.0 Å². The number of carbonyl (C=O) groups is 2. The Balaban J connectivity index is 0.000000178. The van der Waals surface area contributed by atoms with Gasteiger partial charge in [0.2, 0.25) is 11.2 Å². The van der Waals surface area contributed by atoms with Crippen LogP contribution in [0.25, 0.3) is 20.4 Å². The van der Waals surface area contributed by atoms with Gasteiger partial charge in [-0.1, -0.05) is 0 Å². The minimum Gasteiger partial charge on any atom is -0.391 e. The standard InChI is InChI=1S/C19H17F4N5O2S.C12H9ClF3N3O2S.C7H9FN2/c1-9(10-4-11(20)7-24-6-10)25-18-26-13-5-14(19(21,22)23)31-16(13)15(27-18)17(30)28-3-2-12(29)8-28;13-11-17-6-3-7(12(14,15)16)22-9(6)8(18-11)10(21)19-2-1-5(20)4-19;1-5(9)6-2-7(8)4-10-3-6/h4-7,9,12,29H,2-3,8H2,1H3,(H,25,26,27);3,5,20H,1-2,4H2;2-5H,9H2,1H3/t9-,12-;2*5-/m000/s1. The molecule has 0 unspecified atom stereocenters. The molecule has 5 N–H and O–H groups in total. The third kappa shape index (κ3) is 11.7. The Morgan fingerprint density at radius 2 is 1.21 bits per heavy atom. The van der Waals surface area contributed by atoms with Crippen LogP contribution in [0.1, 0.15) is 80.6 Å². The first-order valence-corrected chi connectivity index (χ1v) is 20.7. The van der Waals surface area contributed by atoms with E-state index in [2.05, 4.69) is 35.2 Å². The number of carbonyl (C=O) groups excluding carboxylic acids is 2. The summed E-state index contributed by atoms with van der Waals surface area (Å²) in [6, 6.07) is 3.69. The maximum absolute atomic E-state index is 13.5. The summed E-state index contributed by atoms with van der Waals surface area (Å²) in [5, 5.41) is 21.8. The van der Waals surface area contributed by atoms with Crippen LogP contribution in [0.5, 0.6) is 0 Å². The molecule has 4 atom stereocenters. The molecule has 63 heavy (non-hydrogen) atoms. The Morgan fingerprint density at radius 1 is 0.746 bits per heavy atom. The number of aliphatic hydroxyl groups is 2. The molecule has 14 nitrogen and oxygen atoms in total. The van der Waals surface area contributed by atoms with Crippen LogP contribution in [-0.4, -0.2) is 100 Å². The number of β-amino-alcohol motifs (C(OH)–C–C–N with tert-alkyl or cyclic N) is 2. The minimum absolute atomic E-state index is 0.0135. The number of hydrogen-bond acceptors (Lipinski definition) is 14. The Hall–Kier alpha value is -5.27. The fourth-order valence-corrected chi connectivity index (χ4v) is 8.30. The average Bonchev–Trinajstić information content (AvgIpc) is 4.04. The summed E-state index contributed by atoms with van der Waals surface area (Å²) in [5.41, 5.74) is 6.30. The van der Waals surface area contributed by atoms with Crippen LogP contribution in [0.15, 0.2) is 49.1 Å². The van der Waals surface area contributed by atoms with Crippen molar-refractivity contribution in [3.8, 4) is 0 Å². The van der Waals surface area contributed by atoms with Gasteiger partial charge in [0.25, 0.3) is 11.8 Å². The van der Waals surface area contributed by atoms with Gasteiger partial charge in [-0.25, -0.2) is 28.7 Å². The molecule has 2 aliphatic rings. The second kappa shape index (κ2) is 19.2. The molecular formula is C38H35ClF8N10O4S2. The lowest BCUT2D eigenvalue weighted by molar-refractivity contribution is -0.135. The number of aromatic nitrogens is 6. The number of thiophene rings is 2. The molecule has 6 aromatic rings. The number of nitrogens with one attached hydrogen (secondary N) is 1. The van der Waals surface area contributed by atoms with E-state index in [0.29, 0.717) is 47.6 Å². The van der Waals surface area contributed by atoms with Crippen LogP contribution in [0, 0.1) is 11.6 Å². The molecule has 6 aromatic heterocycles. The first-order valence-electron chi connectivity index (χ1n) is 18.7. The number of rotatable bonds is 6. The SMILES string of the molecule is C[C@H](N)c1cncc(F)c1.C[C@H](Nc1nc(C(=O)N2CC[C@H](O)C2)c2sc(C(F)(F)F)cc2n1)c1cncc(F)c1.O=C(c1nc(Cl)nc2cc(C(F)(F)F)sc12)N1CC[C@H](O)C1. The molecule has 2 amide bonds. The zero-order chi connectivity index (χ0) is 46.0. The molecule has 2 fully saturated rings. The lowest BCUT2D eigenvalue weighted by atomic mass is 10.1. The molecule has 0 radical (unpaired) electrons. The highest BCUT2D eigenvalue weighted by molar-refractivity contribution is 7.19. The summed E-state index contributed by atoms with van der Waals surface area (Å²) in [4.78, 5) is 49.6. The van der Waals surface area contributed by atoms with Crippen molar-refractivity contribution in [2.45, 2.75) is 63.3 Å². The zero-order valence-electron chi connectivity index (χ0n) is 32.8. The third-order valence-corrected chi connectivity index (χ3v) is 11.9. The largest absolute Gasteiger partial charge is 0.425 e. The molecule has 8 heterocycles. The number of nitrogens with zero attached hydrogens (tertiary/aromatic N) is 8. The number of halogens is 9. The molecule has 0 aromatic carbocycles. The van der Waals surface area contributed by atoms with Gasteiger partial charge in [0.1, 0.15) is 21.4 Å². The van der Waals surface area contributed by atoms with Crippen molar-refractivity contribution in [2.75, 3.05) is 31.5 Å². The van der Waals surface area contributed by atoms with Gasteiger partial charge < -0.3 is 31.1 Å². The highest BCUT2D eigenvalue weighted by atomic mass is 35.5. The van der Waals surface area contributed by atoms with Crippen LogP contribution in [0.3, 0.4) is 0 Å². The maximum Gasteiger partial charge on any atom is 0.425 e. The van der Waals surface area contributed by atoms with E-state index in [0.717, 1.165) is 30.1 Å². The highest BCUT2D eigenvalue weighted by Crippen LogP contribution is 2.40. The van der Waals surface area contributed by atoms with Crippen molar-refractivity contribution in [1.82, 2.24) is 39.7 Å². The van der Waals surface area contributed by atoms with Crippen LogP contribution in [0.2, 0.25) is 5.28 Å². The van der Waals surface area contributed by atoms with E-state index in [4.69, 9.17) is 17.3 Å². The predicted octanol–water partition coefficient (Wildman–Crippen LogP) is 7.43. The zero-order valence-corrected chi connectivity index (χ0v) is 35.1. The van der Waals surface area contributed by atoms with Crippen molar-refractivity contribution in [1.29, 1.82) is 0 Å². The Morgan fingerprint density at radius 3 is 1.63 bits per heavy atom. The molecule has 25 heteroatoms. The highest BCUT2D eigenvalue weighted by Gasteiger charge is 2.37. The predicted molar refractivity (Wildman–Crippen MR) is 216 cm³/mol. The summed E-state index contributed by atoms with van der Waals surface area (Å²) in [6.45, 7) is 4.26. The maximum atomic E-state index is 13.5. The van der Waals surface area contributed by atoms with E-state index in [-0.39, 0.29) is 74.5 Å². The molecule has 2 saturated heterocycles. The Bertz CT molecular complexity index is 2610. The molecule has 8 rings (SSSR count). The Labute approximate surface area is 364 Å². The number of amides is 2. The number of pyridine rings is 2. The molecule has 0 aliphatic carbocycles. The fraction of sp³-hybridized carbons (Fsp3) is 0.368. The van der Waals surface area contributed by atoms with Crippen molar-refractivity contribution in [3.63, 3.8) is 0 Å². The van der Waals surface area contributed by atoms with Crippen LogP contribution in [-0.2, 0) is 12.4 Å². The van der Waals surface area contributed by atoms with Gasteiger partial charge in [0.15, 0.2) is 11.4 Å². The van der Waals surface area contributed by atoms with Crippen LogP contribution < -0.4 is 11.1 Å². The number of nitrogens with two attached hydrogens (primary N) is 1. The summed E-state index contributed by atoms with van der Waals surface area (Å²) in [7, 11) is 0. The van der Waals surface area contributed by atoms with Gasteiger partial charge in [-0.15, -0.1) is 22.7 Å². The number of alkyl halides is 6. The van der Waals surface area contributed by atoms with Crippen molar-refractivity contribution in [3.05, 3.63) is 98.2 Å². The average molecular weight is 947 g/mol. The summed E-state index contributed by atoms with van der Waals surface area (Å²) in [5.74, 6) is -2.09. The molecule has 0 spiro atoms. The fourth-order valence-electron chi connectivity index (χ4n) is 6.24. The lowest BCUT2D eigenvalue weighted by Gasteiger charge is -2.17. The second-order valence-corrected chi connectivity index (χ2v) is 16.7. The summed E-state index contributed by atoms with van der Waals surface area (Å²) >= 11 is 6.51. The molecule has 336 valence electrons. The van der Waals surface area contributed by atoms with E-state index in [1.807, 2.05) is 0 Å². The van der Waals surface area contributed by atoms with Gasteiger partial charge in [0.05, 0.1) is 51.1 Å². The first kappa shape index (κ1) is 47.2. The van der Waals surface area contributed by atoms with Gasteiger partial charge >= 0.3 is 12.4 Å². The van der Waals surface area contributed by atoms with Gasteiger partial charge in [0, 0.05) is 44.6 Å². The number of hydrogen-bond donors (Lipinski definition) is 4. The van der Waals surface area contributed by atoms with E-state index < -0.39 is 58.0 Å². The van der Waals surface area contributed by atoms with Crippen LogP contribution >= 0.6 is 34.3 Å². The monoisotopic (exact) mass is 946 g/mol. The van der Waals surface area contributed by atoms with E-state index >= 15 is 0 Å².